The van der Waals surface area contributed by atoms with Gasteiger partial charge in [0, 0.05) is 12.8 Å². The van der Waals surface area contributed by atoms with E-state index in [1.165, 1.54) is 366 Å². The minimum Gasteiger partial charge on any atom is -0.466 e. The van der Waals surface area contributed by atoms with E-state index in [1.54, 1.807) is 6.08 Å². The molecule has 0 aliphatic carbocycles. The Bertz CT molecular complexity index is 1410. The zero-order valence-corrected chi connectivity index (χ0v) is 59.0. The average molecular weight is 1220 g/mol. The Morgan fingerprint density at radius 3 is 0.897 bits per heavy atom. The van der Waals surface area contributed by atoms with Crippen molar-refractivity contribution < 1.29 is 24.5 Å². The molecule has 2 atom stereocenters. The number of hydrogen-bond donors (Lipinski definition) is 3. The van der Waals surface area contributed by atoms with E-state index in [9.17, 15) is 19.8 Å². The van der Waals surface area contributed by atoms with Crippen LogP contribution in [0.1, 0.15) is 444 Å². The number of nitrogens with one attached hydrogen (secondary N) is 1. The van der Waals surface area contributed by atoms with Gasteiger partial charge in [-0.05, 0) is 64.2 Å². The van der Waals surface area contributed by atoms with E-state index in [2.05, 4.69) is 43.5 Å². The highest BCUT2D eigenvalue weighted by Crippen LogP contribution is 2.20. The summed E-state index contributed by atoms with van der Waals surface area (Å²) in [6.45, 7) is 4.93. The van der Waals surface area contributed by atoms with Gasteiger partial charge in [-0.15, -0.1) is 0 Å². The van der Waals surface area contributed by atoms with Crippen LogP contribution in [0.15, 0.2) is 36.5 Å². The van der Waals surface area contributed by atoms with E-state index in [-0.39, 0.29) is 18.5 Å². The van der Waals surface area contributed by atoms with Gasteiger partial charge in [-0.1, -0.05) is 403 Å². The number of hydrogen-bond acceptors (Lipinski definition) is 5. The highest BCUT2D eigenvalue weighted by Gasteiger charge is 2.18. The lowest BCUT2D eigenvalue weighted by atomic mass is 10.0. The molecule has 0 rings (SSSR count). The molecule has 3 N–H and O–H groups in total. The van der Waals surface area contributed by atoms with Crippen molar-refractivity contribution in [2.24, 2.45) is 0 Å². The van der Waals surface area contributed by atoms with E-state index in [0.717, 1.165) is 51.4 Å². The van der Waals surface area contributed by atoms with Crippen molar-refractivity contribution >= 4 is 11.9 Å². The number of carbonyl (C=O) groups excluding carboxylic acids is 2. The highest BCUT2D eigenvalue weighted by molar-refractivity contribution is 5.76. The van der Waals surface area contributed by atoms with Crippen molar-refractivity contribution in [2.75, 3.05) is 13.2 Å². The molecule has 0 aliphatic rings. The molecule has 87 heavy (non-hydrogen) atoms. The van der Waals surface area contributed by atoms with Crippen molar-refractivity contribution in [1.82, 2.24) is 5.32 Å². The summed E-state index contributed by atoms with van der Waals surface area (Å²) in [6.07, 6.45) is 99.8. The van der Waals surface area contributed by atoms with E-state index in [1.807, 2.05) is 6.08 Å². The average Bonchev–Trinajstić information content (AvgIpc) is 3.53. The summed E-state index contributed by atoms with van der Waals surface area (Å²) in [5.74, 6) is -0.0457. The van der Waals surface area contributed by atoms with Crippen LogP contribution in [0.5, 0.6) is 0 Å². The molecule has 0 saturated carbocycles. The van der Waals surface area contributed by atoms with Gasteiger partial charge in [-0.25, -0.2) is 0 Å². The first-order chi connectivity index (χ1) is 43.0. The Morgan fingerprint density at radius 2 is 0.575 bits per heavy atom. The second kappa shape index (κ2) is 76.5. The molecule has 0 heterocycles. The van der Waals surface area contributed by atoms with Crippen LogP contribution in [-0.2, 0) is 14.3 Å². The molecule has 0 radical (unpaired) electrons. The number of carbonyl (C=O) groups is 2. The molecule has 0 saturated heterocycles. The summed E-state index contributed by atoms with van der Waals surface area (Å²) in [7, 11) is 0. The fraction of sp³-hybridized carbons (Fsp3) is 0.901. The largest absolute Gasteiger partial charge is 0.466 e. The van der Waals surface area contributed by atoms with Gasteiger partial charge in [-0.3, -0.25) is 9.59 Å². The fourth-order valence-corrected chi connectivity index (χ4v) is 12.6. The van der Waals surface area contributed by atoms with Gasteiger partial charge in [-0.2, -0.15) is 0 Å². The number of amides is 1. The van der Waals surface area contributed by atoms with Crippen molar-refractivity contribution in [3.05, 3.63) is 36.5 Å². The molecule has 0 aromatic carbocycles. The van der Waals surface area contributed by atoms with Crippen molar-refractivity contribution in [3.63, 3.8) is 0 Å². The van der Waals surface area contributed by atoms with E-state index in [4.69, 9.17) is 4.74 Å². The summed E-state index contributed by atoms with van der Waals surface area (Å²) in [5, 5.41) is 23.3. The van der Waals surface area contributed by atoms with Gasteiger partial charge in [0.05, 0.1) is 25.4 Å². The summed E-state index contributed by atoms with van der Waals surface area (Å²) in [6, 6.07) is -0.626. The Morgan fingerprint density at radius 1 is 0.322 bits per heavy atom. The Labute approximate surface area is 544 Å². The normalized spacial score (nSPS) is 12.6. The molecule has 0 aromatic rings. The highest BCUT2D eigenvalue weighted by atomic mass is 16.5. The van der Waals surface area contributed by atoms with E-state index < -0.39 is 12.1 Å². The molecule has 0 aliphatic heterocycles. The van der Waals surface area contributed by atoms with Crippen LogP contribution in [0.3, 0.4) is 0 Å². The monoisotopic (exact) mass is 1220 g/mol. The SMILES string of the molecule is CCCCC/C=C\C/C=C\CCCCCCCCCC(=O)OCCCCCCCCCCCCCCCCCCCCCCCCCCCCCCCCCC(=O)NC(CO)C(O)/C=C/CCCCCCCCCCCCCCCCCCCCCC. The molecule has 2 unspecified atom stereocenters. The standard InChI is InChI=1S/C81H155NO5/c1-3-5-7-9-11-13-15-17-19-21-22-23-35-38-42-45-49-53-57-61-65-69-73-79(84)78(77-83)82-80(85)74-70-66-62-58-54-50-46-43-39-36-33-31-29-27-25-24-26-28-30-32-34-37-40-44-48-52-56-60-64-68-72-76-87-81(86)75-71-67-63-59-55-51-47-41-20-18-16-14-12-10-8-6-4-2/h12,14,18,20,69,73,78-79,83-84H,3-11,13,15-17,19,21-68,70-72,74-77H2,1-2H3,(H,82,85)/b14-12-,20-18-,73-69+. The molecule has 514 valence electrons. The fourth-order valence-electron chi connectivity index (χ4n) is 12.6. The lowest BCUT2D eigenvalue weighted by molar-refractivity contribution is -0.143. The lowest BCUT2D eigenvalue weighted by Gasteiger charge is -2.20. The summed E-state index contributed by atoms with van der Waals surface area (Å²) < 4.78 is 5.51. The van der Waals surface area contributed by atoms with Gasteiger partial charge >= 0.3 is 5.97 Å². The lowest BCUT2D eigenvalue weighted by Crippen LogP contribution is -2.45. The van der Waals surface area contributed by atoms with Gasteiger partial charge in [0.2, 0.25) is 5.91 Å². The molecule has 1 amide bonds. The van der Waals surface area contributed by atoms with E-state index in [0.29, 0.717) is 19.4 Å². The van der Waals surface area contributed by atoms with Crippen molar-refractivity contribution in [3.8, 4) is 0 Å². The zero-order chi connectivity index (χ0) is 62.8. The number of rotatable bonds is 75. The predicted molar refractivity (Wildman–Crippen MR) is 384 cm³/mol. The number of unbranched alkanes of at least 4 members (excludes halogenated alkanes) is 60. The predicted octanol–water partition coefficient (Wildman–Crippen LogP) is 26.2. The molecular weight excluding hydrogens is 1070 g/mol. The third-order valence-corrected chi connectivity index (χ3v) is 18.7. The number of ether oxygens (including phenoxy) is 1. The van der Waals surface area contributed by atoms with Crippen LogP contribution >= 0.6 is 0 Å². The molecule has 0 spiro atoms. The van der Waals surface area contributed by atoms with Crippen LogP contribution in [0, 0.1) is 0 Å². The Hall–Kier alpha value is -1.92. The second-order valence-electron chi connectivity index (χ2n) is 27.4. The Kier molecular flexibility index (Phi) is 74.8. The van der Waals surface area contributed by atoms with Crippen molar-refractivity contribution in [1.29, 1.82) is 0 Å². The smallest absolute Gasteiger partial charge is 0.305 e. The van der Waals surface area contributed by atoms with Gasteiger partial charge in [0.1, 0.15) is 0 Å². The second-order valence-corrected chi connectivity index (χ2v) is 27.4. The van der Waals surface area contributed by atoms with Crippen LogP contribution in [0.4, 0.5) is 0 Å². The summed E-state index contributed by atoms with van der Waals surface area (Å²) >= 11 is 0. The van der Waals surface area contributed by atoms with Gasteiger partial charge < -0.3 is 20.3 Å². The first-order valence-corrected chi connectivity index (χ1v) is 39.8. The van der Waals surface area contributed by atoms with E-state index >= 15 is 0 Å². The molecule has 0 fully saturated rings. The Balaban J connectivity index is 3.35. The number of aliphatic hydroxyl groups excluding tert-OH is 2. The molecular formula is C81H155NO5. The number of aliphatic hydroxyl groups is 2. The zero-order valence-electron chi connectivity index (χ0n) is 59.0. The summed E-state index contributed by atoms with van der Waals surface area (Å²) in [4.78, 5) is 24.7. The summed E-state index contributed by atoms with van der Waals surface area (Å²) in [5.41, 5.74) is 0. The maximum absolute atomic E-state index is 12.5. The van der Waals surface area contributed by atoms with Crippen LogP contribution < -0.4 is 5.32 Å². The van der Waals surface area contributed by atoms with Crippen LogP contribution in [0.25, 0.3) is 0 Å². The third-order valence-electron chi connectivity index (χ3n) is 18.7. The minimum absolute atomic E-state index is 0.0134. The molecule has 6 heteroatoms. The molecule has 6 nitrogen and oxygen atoms in total. The van der Waals surface area contributed by atoms with Crippen LogP contribution in [-0.4, -0.2) is 47.4 Å². The number of esters is 1. The first-order valence-electron chi connectivity index (χ1n) is 39.8. The maximum Gasteiger partial charge on any atom is 0.305 e. The quantitative estimate of drug-likeness (QED) is 0.0320. The molecule has 0 aromatic heterocycles. The third kappa shape index (κ3) is 73.0. The van der Waals surface area contributed by atoms with Gasteiger partial charge in [0.25, 0.3) is 0 Å². The maximum atomic E-state index is 12.5. The van der Waals surface area contributed by atoms with Crippen LogP contribution in [0.2, 0.25) is 0 Å². The van der Waals surface area contributed by atoms with Gasteiger partial charge in [0.15, 0.2) is 0 Å². The molecule has 0 bridgehead atoms. The minimum atomic E-state index is -0.843. The van der Waals surface area contributed by atoms with Crippen molar-refractivity contribution in [2.45, 2.75) is 456 Å². The number of allylic oxidation sites excluding steroid dienone is 5. The topological polar surface area (TPSA) is 95.9 Å². The first kappa shape index (κ1) is 85.1.